The second-order valence-corrected chi connectivity index (χ2v) is 3.94. The van der Waals surface area contributed by atoms with Gasteiger partial charge >= 0.3 is 0 Å². The number of aryl methyl sites for hydroxylation is 1. The number of carbonyl (C=O) groups excluding carboxylic acids is 1. The summed E-state index contributed by atoms with van der Waals surface area (Å²) in [5.41, 5.74) is 0.329. The molecule has 0 amide bonds. The zero-order valence-corrected chi connectivity index (χ0v) is 9.86. The molecule has 0 atom stereocenters. The summed E-state index contributed by atoms with van der Waals surface area (Å²) in [7, 11) is 0. The van der Waals surface area contributed by atoms with Crippen LogP contribution in [0.4, 0.5) is 8.78 Å². The molecular weight excluding hydrogens is 238 g/mol. The molecule has 0 N–H and O–H groups in total. The molecule has 1 aromatic heterocycles. The second-order valence-electron chi connectivity index (χ2n) is 3.94. The Morgan fingerprint density at radius 3 is 2.78 bits per heavy atom. The molecule has 0 bridgehead atoms. The van der Waals surface area contributed by atoms with E-state index in [1.165, 1.54) is 18.3 Å². The van der Waals surface area contributed by atoms with Crippen LogP contribution in [-0.2, 0) is 6.54 Å². The first-order chi connectivity index (χ1) is 8.67. The molecule has 0 aliphatic heterocycles. The summed E-state index contributed by atoms with van der Waals surface area (Å²) >= 11 is 0. The molecule has 0 saturated carbocycles. The number of benzene rings is 1. The number of halogens is 2. The van der Waals surface area contributed by atoms with Gasteiger partial charge in [0.1, 0.15) is 0 Å². The molecule has 18 heavy (non-hydrogen) atoms. The lowest BCUT2D eigenvalue weighted by Gasteiger charge is -2.03. The van der Waals surface area contributed by atoms with Crippen molar-refractivity contribution in [1.82, 2.24) is 9.78 Å². The Bertz CT molecular complexity index is 578. The molecule has 2 aromatic rings. The van der Waals surface area contributed by atoms with Crippen molar-refractivity contribution >= 4 is 6.29 Å². The molecule has 0 saturated heterocycles. The van der Waals surface area contributed by atoms with Crippen molar-refractivity contribution in [2.24, 2.45) is 0 Å². The average Bonchev–Trinajstić information content (AvgIpc) is 2.81. The fourth-order valence-corrected chi connectivity index (χ4v) is 1.73. The van der Waals surface area contributed by atoms with Crippen molar-refractivity contribution < 1.29 is 13.6 Å². The summed E-state index contributed by atoms with van der Waals surface area (Å²) in [5, 5.41) is 4.05. The molecule has 1 heterocycles. The summed E-state index contributed by atoms with van der Waals surface area (Å²) in [6.07, 6.45) is 4.33. The van der Waals surface area contributed by atoms with Crippen molar-refractivity contribution in [2.45, 2.75) is 19.9 Å². The number of rotatable bonds is 4. The molecule has 0 fully saturated rings. The average molecular weight is 250 g/mol. The topological polar surface area (TPSA) is 34.9 Å². The second kappa shape index (κ2) is 5.08. The fraction of sp³-hybridized carbons (Fsp3) is 0.231. The van der Waals surface area contributed by atoms with Crippen LogP contribution in [0.3, 0.4) is 0 Å². The van der Waals surface area contributed by atoms with E-state index < -0.39 is 11.6 Å². The molecule has 0 radical (unpaired) electrons. The monoisotopic (exact) mass is 250 g/mol. The predicted molar refractivity (Wildman–Crippen MR) is 63.3 cm³/mol. The number of hydrogen-bond donors (Lipinski definition) is 0. The van der Waals surface area contributed by atoms with Crippen LogP contribution in [-0.4, -0.2) is 16.1 Å². The van der Waals surface area contributed by atoms with Crippen molar-refractivity contribution in [2.75, 3.05) is 0 Å². The molecule has 1 aromatic carbocycles. The van der Waals surface area contributed by atoms with Gasteiger partial charge in [0.2, 0.25) is 0 Å². The van der Waals surface area contributed by atoms with E-state index in [1.807, 2.05) is 6.92 Å². The van der Waals surface area contributed by atoms with E-state index in [2.05, 4.69) is 5.10 Å². The minimum Gasteiger partial charge on any atom is -0.298 e. The number of aromatic nitrogens is 2. The van der Waals surface area contributed by atoms with Gasteiger partial charge in [0.25, 0.3) is 0 Å². The lowest BCUT2D eigenvalue weighted by Crippen LogP contribution is -1.96. The highest BCUT2D eigenvalue weighted by molar-refractivity contribution is 5.77. The Hall–Kier alpha value is -2.04. The molecule has 94 valence electrons. The maximum Gasteiger partial charge on any atom is 0.169 e. The Kier molecular flexibility index (Phi) is 3.50. The molecule has 0 spiro atoms. The number of carbonyl (C=O) groups is 1. The van der Waals surface area contributed by atoms with Crippen molar-refractivity contribution in [3.8, 4) is 11.1 Å². The summed E-state index contributed by atoms with van der Waals surface area (Å²) in [4.78, 5) is 10.5. The van der Waals surface area contributed by atoms with E-state index in [0.717, 1.165) is 13.0 Å². The first kappa shape index (κ1) is 12.4. The summed E-state index contributed by atoms with van der Waals surface area (Å²) in [5.74, 6) is -2.14. The van der Waals surface area contributed by atoms with Crippen LogP contribution in [0, 0.1) is 11.6 Å². The van der Waals surface area contributed by atoms with E-state index in [4.69, 9.17) is 0 Å². The Balaban J connectivity index is 2.44. The largest absolute Gasteiger partial charge is 0.298 e. The van der Waals surface area contributed by atoms with Gasteiger partial charge in [-0.25, -0.2) is 8.78 Å². The third kappa shape index (κ3) is 2.16. The first-order valence-corrected chi connectivity index (χ1v) is 5.63. The van der Waals surface area contributed by atoms with Crippen molar-refractivity contribution in [3.05, 3.63) is 41.7 Å². The highest BCUT2D eigenvalue weighted by Crippen LogP contribution is 2.25. The number of nitrogens with zero attached hydrogens (tertiary/aromatic N) is 2. The van der Waals surface area contributed by atoms with E-state index in [9.17, 15) is 13.6 Å². The number of hydrogen-bond acceptors (Lipinski definition) is 2. The van der Waals surface area contributed by atoms with Crippen LogP contribution in [0.1, 0.15) is 23.7 Å². The summed E-state index contributed by atoms with van der Waals surface area (Å²) in [6.45, 7) is 2.72. The lowest BCUT2D eigenvalue weighted by atomic mass is 10.1. The van der Waals surface area contributed by atoms with Crippen LogP contribution in [0.5, 0.6) is 0 Å². The van der Waals surface area contributed by atoms with E-state index in [0.29, 0.717) is 11.8 Å². The zero-order chi connectivity index (χ0) is 13.1. The number of aldehydes is 1. The van der Waals surface area contributed by atoms with Crippen LogP contribution in [0.15, 0.2) is 24.5 Å². The minimum atomic E-state index is -1.12. The zero-order valence-electron chi connectivity index (χ0n) is 9.86. The molecule has 0 aliphatic carbocycles. The normalized spacial score (nSPS) is 10.6. The predicted octanol–water partition coefficient (Wildman–Crippen LogP) is 3.05. The van der Waals surface area contributed by atoms with Gasteiger partial charge < -0.3 is 0 Å². The SMILES string of the molecule is CCCn1cc(-c2ccc(C=O)c(F)c2F)cn1. The van der Waals surface area contributed by atoms with Gasteiger partial charge in [-0.1, -0.05) is 13.0 Å². The lowest BCUT2D eigenvalue weighted by molar-refractivity contribution is 0.111. The quantitative estimate of drug-likeness (QED) is 0.782. The van der Waals surface area contributed by atoms with E-state index >= 15 is 0 Å². The fourth-order valence-electron chi connectivity index (χ4n) is 1.73. The van der Waals surface area contributed by atoms with Crippen LogP contribution < -0.4 is 0 Å². The van der Waals surface area contributed by atoms with E-state index in [1.54, 1.807) is 10.9 Å². The third-order valence-electron chi connectivity index (χ3n) is 2.64. The maximum atomic E-state index is 13.8. The molecule has 2 rings (SSSR count). The Morgan fingerprint density at radius 2 is 2.11 bits per heavy atom. The van der Waals surface area contributed by atoms with Gasteiger partial charge in [-0.3, -0.25) is 9.48 Å². The van der Waals surface area contributed by atoms with Gasteiger partial charge in [-0.15, -0.1) is 0 Å². The van der Waals surface area contributed by atoms with Crippen molar-refractivity contribution in [3.63, 3.8) is 0 Å². The minimum absolute atomic E-state index is 0.112. The molecule has 5 heteroatoms. The van der Waals surface area contributed by atoms with Gasteiger partial charge in [-0.2, -0.15) is 5.10 Å². The Labute approximate surface area is 103 Å². The first-order valence-electron chi connectivity index (χ1n) is 5.63. The molecule has 3 nitrogen and oxygen atoms in total. The van der Waals surface area contributed by atoms with E-state index in [-0.39, 0.29) is 11.1 Å². The molecular formula is C13H12F2N2O. The molecule has 0 unspecified atom stereocenters. The van der Waals surface area contributed by atoms with Gasteiger partial charge in [0.15, 0.2) is 17.9 Å². The Morgan fingerprint density at radius 1 is 1.33 bits per heavy atom. The highest BCUT2D eigenvalue weighted by atomic mass is 19.2. The van der Waals surface area contributed by atoms with Crippen LogP contribution in [0.2, 0.25) is 0 Å². The van der Waals surface area contributed by atoms with Gasteiger partial charge in [0, 0.05) is 23.9 Å². The standard InChI is InChI=1S/C13H12F2N2O/c1-2-5-17-7-10(6-16-17)11-4-3-9(8-18)12(14)13(11)15/h3-4,6-8H,2,5H2,1H3. The maximum absolute atomic E-state index is 13.8. The summed E-state index contributed by atoms with van der Waals surface area (Å²) in [6, 6.07) is 2.65. The smallest absolute Gasteiger partial charge is 0.169 e. The van der Waals surface area contributed by atoms with Crippen LogP contribution in [0.25, 0.3) is 11.1 Å². The van der Waals surface area contributed by atoms with Gasteiger partial charge in [-0.05, 0) is 12.5 Å². The highest BCUT2D eigenvalue weighted by Gasteiger charge is 2.15. The van der Waals surface area contributed by atoms with Gasteiger partial charge in [0.05, 0.1) is 11.8 Å². The molecule has 0 aliphatic rings. The van der Waals surface area contributed by atoms with Crippen LogP contribution >= 0.6 is 0 Å². The summed E-state index contributed by atoms with van der Waals surface area (Å²) < 4.78 is 28.9. The third-order valence-corrected chi connectivity index (χ3v) is 2.64. The van der Waals surface area contributed by atoms with Crippen molar-refractivity contribution in [1.29, 1.82) is 0 Å².